The predicted molar refractivity (Wildman–Crippen MR) is 71.6 cm³/mol. The van der Waals surface area contributed by atoms with Crippen LogP contribution in [0.25, 0.3) is 0 Å². The second kappa shape index (κ2) is 5.41. The molecule has 0 saturated carbocycles. The Labute approximate surface area is 124 Å². The summed E-state index contributed by atoms with van der Waals surface area (Å²) in [6.45, 7) is 0. The Morgan fingerprint density at radius 1 is 1.14 bits per heavy atom. The van der Waals surface area contributed by atoms with Crippen molar-refractivity contribution < 1.29 is 34.7 Å². The van der Waals surface area contributed by atoms with Gasteiger partial charge in [-0.05, 0) is 47.2 Å². The Hall–Kier alpha value is -0.850. The third kappa shape index (κ3) is 3.49. The molecule has 21 heavy (non-hydrogen) atoms. The number of benzene rings is 1. The van der Waals surface area contributed by atoms with Crippen LogP contribution in [-0.4, -0.2) is 40.0 Å². The fraction of sp³-hybridized carbons (Fsp3) is 0.400. The summed E-state index contributed by atoms with van der Waals surface area (Å²) < 4.78 is 85.5. The van der Waals surface area contributed by atoms with Crippen molar-refractivity contribution in [2.45, 2.75) is 28.2 Å². The number of hydrogen-bond donors (Lipinski definition) is 2. The molecule has 0 heterocycles. The predicted octanol–water partition coefficient (Wildman–Crippen LogP) is 0.0561. The highest BCUT2D eigenvalue weighted by Gasteiger charge is 2.39. The molecule has 1 aromatic rings. The Morgan fingerprint density at radius 3 is 2.24 bits per heavy atom. The van der Waals surface area contributed by atoms with E-state index in [1.807, 2.05) is 0 Å². The zero-order valence-corrected chi connectivity index (χ0v) is 12.8. The van der Waals surface area contributed by atoms with Crippen molar-refractivity contribution in [2.75, 3.05) is 0 Å². The number of rotatable bonds is 3. The summed E-state index contributed by atoms with van der Waals surface area (Å²) in [5.41, 5.74) is 0.278. The van der Waals surface area contributed by atoms with Gasteiger partial charge in [0.1, 0.15) is 5.25 Å². The largest absolute Gasteiger partial charge is 0.768 e. The van der Waals surface area contributed by atoms with E-state index in [4.69, 9.17) is 4.55 Å². The summed E-state index contributed by atoms with van der Waals surface area (Å²) in [6.07, 6.45) is -0.703. The Bertz CT molecular complexity index is 796. The van der Waals surface area contributed by atoms with E-state index in [-0.39, 0.29) is 22.4 Å². The fourth-order valence-corrected chi connectivity index (χ4v) is 4.73. The molecule has 1 aliphatic carbocycles. The van der Waals surface area contributed by atoms with Gasteiger partial charge in [0.2, 0.25) is 0 Å². The minimum absolute atomic E-state index is 0.0269. The third-order valence-corrected chi connectivity index (χ3v) is 6.37. The van der Waals surface area contributed by atoms with Crippen LogP contribution in [0.4, 0.5) is 0 Å². The average molecular weight is 355 g/mol. The first-order valence-corrected chi connectivity index (χ1v) is 9.73. The lowest BCUT2D eigenvalue weighted by Gasteiger charge is -2.28. The molecule has 2 N–H and O–H groups in total. The van der Waals surface area contributed by atoms with Crippen molar-refractivity contribution in [1.29, 1.82) is 0 Å². The summed E-state index contributed by atoms with van der Waals surface area (Å²) in [7, 11) is -9.14. The van der Waals surface area contributed by atoms with E-state index in [9.17, 15) is 30.1 Å². The molecular weight excluding hydrogens is 344 g/mol. The van der Waals surface area contributed by atoms with Crippen LogP contribution in [0, 0.1) is 0 Å². The SMILES string of the molecule is O=S([O-])c1ccc2c(c1)C(S(=O)(=O)O)CC(S(=O)(=O)O)C2. The van der Waals surface area contributed by atoms with E-state index in [2.05, 4.69) is 0 Å². The van der Waals surface area contributed by atoms with Crippen molar-refractivity contribution in [3.63, 3.8) is 0 Å². The first kappa shape index (κ1) is 16.5. The summed E-state index contributed by atoms with van der Waals surface area (Å²) in [4.78, 5) is -0.173. The molecule has 118 valence electrons. The summed E-state index contributed by atoms with van der Waals surface area (Å²) in [5.74, 6) is 0. The second-order valence-corrected chi connectivity index (χ2v) is 8.91. The fourth-order valence-electron chi connectivity index (χ4n) is 2.37. The van der Waals surface area contributed by atoms with E-state index < -0.39 is 48.2 Å². The van der Waals surface area contributed by atoms with Gasteiger partial charge in [-0.25, -0.2) is 0 Å². The summed E-state index contributed by atoms with van der Waals surface area (Å²) in [5, 5.41) is -2.97. The molecule has 0 bridgehead atoms. The van der Waals surface area contributed by atoms with Gasteiger partial charge in [0.05, 0.1) is 5.25 Å². The molecule has 1 aliphatic rings. The standard InChI is InChI=1S/C10H12O8S3/c11-19(12)7-2-1-6-3-8(20(13,14)15)5-10(9(6)4-7)21(16,17)18/h1-2,4,8,10H,3,5H2,(H,11,12)(H,13,14,15)(H,16,17,18)/p-1. The van der Waals surface area contributed by atoms with Gasteiger partial charge in [0.15, 0.2) is 0 Å². The van der Waals surface area contributed by atoms with Crippen molar-refractivity contribution in [3.05, 3.63) is 29.3 Å². The molecule has 11 heteroatoms. The molecule has 0 fully saturated rings. The Balaban J connectivity index is 2.62. The van der Waals surface area contributed by atoms with Crippen molar-refractivity contribution in [3.8, 4) is 0 Å². The molecule has 0 spiro atoms. The molecule has 2 rings (SSSR count). The van der Waals surface area contributed by atoms with Gasteiger partial charge < -0.3 is 4.55 Å². The van der Waals surface area contributed by atoms with Gasteiger partial charge in [-0.2, -0.15) is 16.8 Å². The monoisotopic (exact) mass is 355 g/mol. The first-order chi connectivity index (χ1) is 9.50. The van der Waals surface area contributed by atoms with Crippen LogP contribution in [0.15, 0.2) is 23.1 Å². The van der Waals surface area contributed by atoms with Gasteiger partial charge in [-0.3, -0.25) is 13.3 Å². The van der Waals surface area contributed by atoms with E-state index in [1.165, 1.54) is 12.1 Å². The lowest BCUT2D eigenvalue weighted by Crippen LogP contribution is -2.33. The van der Waals surface area contributed by atoms with E-state index in [1.54, 1.807) is 0 Å². The molecule has 0 aliphatic heterocycles. The number of hydrogen-bond acceptors (Lipinski definition) is 6. The van der Waals surface area contributed by atoms with Crippen molar-refractivity contribution >= 4 is 31.3 Å². The van der Waals surface area contributed by atoms with E-state index >= 15 is 0 Å². The molecule has 0 radical (unpaired) electrons. The van der Waals surface area contributed by atoms with Crippen molar-refractivity contribution in [1.82, 2.24) is 0 Å². The highest BCUT2D eigenvalue weighted by Crippen LogP contribution is 2.38. The maximum Gasteiger partial charge on any atom is 0.272 e. The molecule has 0 amide bonds. The molecule has 1 aromatic carbocycles. The minimum Gasteiger partial charge on any atom is -0.768 e. The zero-order chi connectivity index (χ0) is 16.0. The van der Waals surface area contributed by atoms with Crippen LogP contribution in [0.5, 0.6) is 0 Å². The van der Waals surface area contributed by atoms with E-state index in [0.29, 0.717) is 0 Å². The summed E-state index contributed by atoms with van der Waals surface area (Å²) >= 11 is -2.59. The molecule has 3 unspecified atom stereocenters. The van der Waals surface area contributed by atoms with Gasteiger partial charge in [0, 0.05) is 4.90 Å². The smallest absolute Gasteiger partial charge is 0.272 e. The van der Waals surface area contributed by atoms with Crippen molar-refractivity contribution in [2.24, 2.45) is 0 Å². The Morgan fingerprint density at radius 2 is 1.76 bits per heavy atom. The lowest BCUT2D eigenvalue weighted by molar-refractivity contribution is 0.437. The third-order valence-electron chi connectivity index (χ3n) is 3.36. The molecular formula is C10H11O8S3-. The lowest BCUT2D eigenvalue weighted by atomic mass is 9.91. The summed E-state index contributed by atoms with van der Waals surface area (Å²) in [6, 6.07) is 3.54. The minimum atomic E-state index is -4.65. The van der Waals surface area contributed by atoms with Crippen LogP contribution in [0.3, 0.4) is 0 Å². The molecule has 8 nitrogen and oxygen atoms in total. The quantitative estimate of drug-likeness (QED) is 0.571. The second-order valence-electron chi connectivity index (χ2n) is 4.68. The van der Waals surface area contributed by atoms with Gasteiger partial charge >= 0.3 is 0 Å². The van der Waals surface area contributed by atoms with Gasteiger partial charge in [-0.1, -0.05) is 6.07 Å². The average Bonchev–Trinajstić information content (AvgIpc) is 2.34. The highest BCUT2D eigenvalue weighted by molar-refractivity contribution is 7.87. The molecule has 0 saturated heterocycles. The van der Waals surface area contributed by atoms with E-state index in [0.717, 1.165) is 6.07 Å². The maximum atomic E-state index is 11.4. The van der Waals surface area contributed by atoms with Gasteiger partial charge in [-0.15, -0.1) is 0 Å². The highest BCUT2D eigenvalue weighted by atomic mass is 32.2. The maximum absolute atomic E-state index is 11.4. The topological polar surface area (TPSA) is 149 Å². The Kier molecular flexibility index (Phi) is 4.26. The van der Waals surface area contributed by atoms with Crippen LogP contribution >= 0.6 is 0 Å². The van der Waals surface area contributed by atoms with Crippen LogP contribution in [0.2, 0.25) is 0 Å². The normalized spacial score (nSPS) is 24.3. The van der Waals surface area contributed by atoms with Crippen LogP contribution in [0.1, 0.15) is 22.8 Å². The molecule has 0 aromatic heterocycles. The molecule has 3 atom stereocenters. The van der Waals surface area contributed by atoms with Crippen LogP contribution in [-0.2, 0) is 37.7 Å². The number of fused-ring (bicyclic) bond motifs is 1. The first-order valence-electron chi connectivity index (χ1n) is 5.65. The zero-order valence-electron chi connectivity index (χ0n) is 10.4. The van der Waals surface area contributed by atoms with Gasteiger partial charge in [0.25, 0.3) is 20.2 Å². The van der Waals surface area contributed by atoms with Crippen LogP contribution < -0.4 is 0 Å².